The van der Waals surface area contributed by atoms with E-state index in [0.717, 1.165) is 11.4 Å². The summed E-state index contributed by atoms with van der Waals surface area (Å²) >= 11 is 1.17. The van der Waals surface area contributed by atoms with Gasteiger partial charge >= 0.3 is 0 Å². The Morgan fingerprint density at radius 3 is 2.40 bits per heavy atom. The SMILES string of the molecule is Cc1cc(NC(C)C)nc(NC(C)C)c1N=Nc1snc(C)c1C#N. The van der Waals surface area contributed by atoms with Crippen molar-refractivity contribution in [1.82, 2.24) is 9.36 Å². The fourth-order valence-corrected chi connectivity index (χ4v) is 2.86. The lowest BCUT2D eigenvalue weighted by Gasteiger charge is -2.16. The molecular formula is C17H23N7S. The maximum Gasteiger partial charge on any atom is 0.176 e. The molecule has 0 saturated carbocycles. The standard InChI is InChI=1S/C17H23N7S/c1-9(2)19-14-7-11(5)15(16(21-14)20-10(3)4)22-23-17-13(8-18)12(6)24-25-17/h7,9-10H,1-6H3,(H2,19,20,21). The largest absolute Gasteiger partial charge is 0.368 e. The highest BCUT2D eigenvalue weighted by Crippen LogP contribution is 2.34. The highest BCUT2D eigenvalue weighted by molar-refractivity contribution is 7.10. The summed E-state index contributed by atoms with van der Waals surface area (Å²) in [6, 6.07) is 4.56. The van der Waals surface area contributed by atoms with E-state index in [-0.39, 0.29) is 12.1 Å². The third-order valence-corrected chi connectivity index (χ3v) is 4.07. The Balaban J connectivity index is 2.44. The van der Waals surface area contributed by atoms with Gasteiger partial charge in [-0.25, -0.2) is 4.98 Å². The van der Waals surface area contributed by atoms with Crippen molar-refractivity contribution in [2.45, 2.75) is 53.6 Å². The summed E-state index contributed by atoms with van der Waals surface area (Å²) in [6.07, 6.45) is 0. The molecule has 0 bridgehead atoms. The zero-order chi connectivity index (χ0) is 18.6. The van der Waals surface area contributed by atoms with Crippen LogP contribution >= 0.6 is 11.5 Å². The Kier molecular flexibility index (Phi) is 6.04. The van der Waals surface area contributed by atoms with Crippen LogP contribution in [-0.4, -0.2) is 21.4 Å². The molecule has 2 aromatic rings. The minimum atomic E-state index is 0.204. The molecule has 2 rings (SSSR count). The minimum absolute atomic E-state index is 0.204. The molecule has 0 aromatic carbocycles. The Morgan fingerprint density at radius 1 is 1.12 bits per heavy atom. The Hall–Kier alpha value is -2.53. The van der Waals surface area contributed by atoms with Gasteiger partial charge in [0.1, 0.15) is 23.1 Å². The molecule has 132 valence electrons. The lowest BCUT2D eigenvalue weighted by Crippen LogP contribution is -2.15. The van der Waals surface area contributed by atoms with Crippen LogP contribution in [-0.2, 0) is 0 Å². The van der Waals surface area contributed by atoms with Crippen LogP contribution in [0.3, 0.4) is 0 Å². The molecule has 0 atom stereocenters. The lowest BCUT2D eigenvalue weighted by molar-refractivity contribution is 0.873. The van der Waals surface area contributed by atoms with Gasteiger partial charge in [0.15, 0.2) is 10.8 Å². The summed E-state index contributed by atoms with van der Waals surface area (Å²) in [6.45, 7) is 12.0. The topological polar surface area (TPSA) is 98.3 Å². The number of rotatable bonds is 6. The first kappa shape index (κ1) is 18.8. The van der Waals surface area contributed by atoms with Crippen LogP contribution in [0.15, 0.2) is 16.3 Å². The van der Waals surface area contributed by atoms with Crippen LogP contribution in [0.5, 0.6) is 0 Å². The molecule has 25 heavy (non-hydrogen) atoms. The van der Waals surface area contributed by atoms with Gasteiger partial charge in [0.25, 0.3) is 0 Å². The van der Waals surface area contributed by atoms with Crippen molar-refractivity contribution in [2.75, 3.05) is 10.6 Å². The molecule has 2 heterocycles. The number of aromatic nitrogens is 2. The zero-order valence-electron chi connectivity index (χ0n) is 15.4. The number of pyridine rings is 1. The van der Waals surface area contributed by atoms with Gasteiger partial charge < -0.3 is 10.6 Å². The van der Waals surface area contributed by atoms with Gasteiger partial charge in [-0.3, -0.25) is 0 Å². The minimum Gasteiger partial charge on any atom is -0.368 e. The molecular weight excluding hydrogens is 334 g/mol. The van der Waals surface area contributed by atoms with Crippen molar-refractivity contribution in [3.05, 3.63) is 22.9 Å². The van der Waals surface area contributed by atoms with Gasteiger partial charge in [0.2, 0.25) is 0 Å². The first-order valence-electron chi connectivity index (χ1n) is 8.14. The molecule has 0 saturated heterocycles. The highest BCUT2D eigenvalue weighted by atomic mass is 32.1. The van der Waals surface area contributed by atoms with E-state index >= 15 is 0 Å². The molecule has 0 spiro atoms. The van der Waals surface area contributed by atoms with Crippen molar-refractivity contribution in [1.29, 1.82) is 5.26 Å². The number of aryl methyl sites for hydroxylation is 2. The van der Waals surface area contributed by atoms with E-state index in [1.165, 1.54) is 11.5 Å². The molecule has 0 fully saturated rings. The van der Waals surface area contributed by atoms with E-state index in [9.17, 15) is 5.26 Å². The summed E-state index contributed by atoms with van der Waals surface area (Å²) in [4.78, 5) is 4.62. The summed E-state index contributed by atoms with van der Waals surface area (Å²) in [5.74, 6) is 1.46. The number of nitriles is 1. The van der Waals surface area contributed by atoms with Crippen molar-refractivity contribution in [3.63, 3.8) is 0 Å². The van der Waals surface area contributed by atoms with E-state index in [0.29, 0.717) is 27.8 Å². The Labute approximate surface area is 152 Å². The maximum absolute atomic E-state index is 9.22. The van der Waals surface area contributed by atoms with E-state index in [4.69, 9.17) is 0 Å². The van der Waals surface area contributed by atoms with Crippen molar-refractivity contribution in [2.24, 2.45) is 10.2 Å². The lowest BCUT2D eigenvalue weighted by atomic mass is 10.2. The second-order valence-corrected chi connectivity index (χ2v) is 7.13. The maximum atomic E-state index is 9.22. The van der Waals surface area contributed by atoms with E-state index in [1.54, 1.807) is 6.92 Å². The van der Waals surface area contributed by atoms with E-state index in [1.807, 2.05) is 26.8 Å². The van der Waals surface area contributed by atoms with Gasteiger partial charge in [-0.2, -0.15) is 9.64 Å². The average Bonchev–Trinajstić information content (AvgIpc) is 2.85. The quantitative estimate of drug-likeness (QED) is 0.702. The van der Waals surface area contributed by atoms with Gasteiger partial charge in [0.05, 0.1) is 5.69 Å². The van der Waals surface area contributed by atoms with Crippen molar-refractivity contribution in [3.8, 4) is 6.07 Å². The monoisotopic (exact) mass is 357 g/mol. The van der Waals surface area contributed by atoms with Crippen LogP contribution in [0.1, 0.15) is 44.5 Å². The van der Waals surface area contributed by atoms with Crippen LogP contribution in [0.2, 0.25) is 0 Å². The molecule has 0 radical (unpaired) electrons. The molecule has 0 aliphatic heterocycles. The van der Waals surface area contributed by atoms with Gasteiger partial charge in [-0.1, -0.05) is 0 Å². The van der Waals surface area contributed by atoms with E-state index < -0.39 is 0 Å². The molecule has 8 heteroatoms. The average molecular weight is 357 g/mol. The molecule has 2 aromatic heterocycles. The fourth-order valence-electron chi connectivity index (χ4n) is 2.19. The molecule has 2 N–H and O–H groups in total. The van der Waals surface area contributed by atoms with Crippen LogP contribution in [0.25, 0.3) is 0 Å². The fraction of sp³-hybridized carbons (Fsp3) is 0.471. The molecule has 0 unspecified atom stereocenters. The molecule has 0 aliphatic rings. The summed E-state index contributed by atoms with van der Waals surface area (Å²) in [5, 5.41) is 25.0. The first-order valence-corrected chi connectivity index (χ1v) is 8.92. The smallest absolute Gasteiger partial charge is 0.176 e. The third kappa shape index (κ3) is 4.73. The molecule has 0 amide bonds. The molecule has 7 nitrogen and oxygen atoms in total. The van der Waals surface area contributed by atoms with Crippen molar-refractivity contribution >= 4 is 33.9 Å². The normalized spacial score (nSPS) is 11.3. The zero-order valence-corrected chi connectivity index (χ0v) is 16.2. The summed E-state index contributed by atoms with van der Waals surface area (Å²) < 4.78 is 4.16. The predicted molar refractivity (Wildman–Crippen MR) is 102 cm³/mol. The number of azo groups is 1. The third-order valence-electron chi connectivity index (χ3n) is 3.24. The summed E-state index contributed by atoms with van der Waals surface area (Å²) in [5.41, 5.74) is 2.76. The van der Waals surface area contributed by atoms with Crippen LogP contribution in [0, 0.1) is 25.2 Å². The predicted octanol–water partition coefficient (Wildman–Crippen LogP) is 5.08. The number of hydrogen-bond donors (Lipinski definition) is 2. The van der Waals surface area contributed by atoms with Gasteiger partial charge in [-0.05, 0) is 64.7 Å². The highest BCUT2D eigenvalue weighted by Gasteiger charge is 2.13. The van der Waals surface area contributed by atoms with Crippen LogP contribution < -0.4 is 10.6 Å². The van der Waals surface area contributed by atoms with Crippen molar-refractivity contribution < 1.29 is 0 Å². The number of hydrogen-bond acceptors (Lipinski definition) is 8. The number of nitrogens with one attached hydrogen (secondary N) is 2. The van der Waals surface area contributed by atoms with Gasteiger partial charge in [0, 0.05) is 12.1 Å². The molecule has 0 aliphatic carbocycles. The summed E-state index contributed by atoms with van der Waals surface area (Å²) in [7, 11) is 0. The Morgan fingerprint density at radius 2 is 1.80 bits per heavy atom. The van der Waals surface area contributed by atoms with E-state index in [2.05, 4.69) is 50.1 Å². The number of nitrogens with zero attached hydrogens (tertiary/aromatic N) is 5. The van der Waals surface area contributed by atoms with Crippen LogP contribution in [0.4, 0.5) is 22.3 Å². The first-order chi connectivity index (χ1) is 11.8. The Bertz CT molecular complexity index is 815. The second-order valence-electron chi connectivity index (χ2n) is 6.38. The number of anilines is 2. The second kappa shape index (κ2) is 8.03. The van der Waals surface area contributed by atoms with Gasteiger partial charge in [-0.15, -0.1) is 10.2 Å².